The molecule has 0 unspecified atom stereocenters. The summed E-state index contributed by atoms with van der Waals surface area (Å²) in [6.45, 7) is 0.838. The number of amides is 1. The van der Waals surface area contributed by atoms with Crippen LogP contribution in [0.2, 0.25) is 5.02 Å². The van der Waals surface area contributed by atoms with Crippen molar-refractivity contribution in [3.05, 3.63) is 27.7 Å². The van der Waals surface area contributed by atoms with Crippen LogP contribution in [-0.4, -0.2) is 30.1 Å². The van der Waals surface area contributed by atoms with E-state index < -0.39 is 5.97 Å². The fourth-order valence-electron chi connectivity index (χ4n) is 3.12. The van der Waals surface area contributed by atoms with Crippen LogP contribution in [0.4, 0.5) is 0 Å². The zero-order chi connectivity index (χ0) is 18.2. The van der Waals surface area contributed by atoms with Crippen LogP contribution in [0.1, 0.15) is 38.5 Å². The lowest BCUT2D eigenvalue weighted by atomic mass is 9.79. The minimum absolute atomic E-state index is 0.0352. The molecule has 25 heavy (non-hydrogen) atoms. The zero-order valence-corrected chi connectivity index (χ0v) is 16.3. The summed E-state index contributed by atoms with van der Waals surface area (Å²) in [7, 11) is 0. The molecule has 1 amide bonds. The molecule has 0 aliphatic heterocycles. The lowest BCUT2D eigenvalue weighted by Crippen LogP contribution is -2.37. The van der Waals surface area contributed by atoms with Crippen LogP contribution in [-0.2, 0) is 9.59 Å². The Balaban J connectivity index is 1.66. The van der Waals surface area contributed by atoms with Gasteiger partial charge in [0.05, 0.1) is 17.5 Å². The molecule has 0 spiro atoms. The maximum Gasteiger partial charge on any atom is 0.306 e. The highest BCUT2D eigenvalue weighted by Crippen LogP contribution is 2.30. The van der Waals surface area contributed by atoms with Crippen LogP contribution in [0.25, 0.3) is 0 Å². The number of hydrogen-bond donors (Lipinski definition) is 2. The summed E-state index contributed by atoms with van der Waals surface area (Å²) in [6.07, 6.45) is 4.48. The molecule has 1 fully saturated rings. The van der Waals surface area contributed by atoms with E-state index in [9.17, 15) is 14.7 Å². The van der Waals surface area contributed by atoms with Crippen molar-refractivity contribution in [1.29, 1.82) is 0 Å². The summed E-state index contributed by atoms with van der Waals surface area (Å²) in [4.78, 5) is 23.2. The smallest absolute Gasteiger partial charge is 0.306 e. The van der Waals surface area contributed by atoms with Gasteiger partial charge in [-0.2, -0.15) is 0 Å². The molecule has 0 bridgehead atoms. The molecule has 2 N–H and O–H groups in total. The van der Waals surface area contributed by atoms with E-state index in [1.54, 1.807) is 12.1 Å². The molecule has 0 radical (unpaired) electrons. The summed E-state index contributed by atoms with van der Waals surface area (Å²) in [5, 5.41) is 12.6. The van der Waals surface area contributed by atoms with Gasteiger partial charge in [0.25, 0.3) is 0 Å². The predicted octanol–water partition coefficient (Wildman–Crippen LogP) is 4.27. The van der Waals surface area contributed by atoms with Crippen LogP contribution in [0.3, 0.4) is 0 Å². The normalized spacial score (nSPS) is 20.1. The fourth-order valence-corrected chi connectivity index (χ4v) is 3.85. The summed E-state index contributed by atoms with van der Waals surface area (Å²) in [5.74, 6) is -0.527. The van der Waals surface area contributed by atoms with E-state index in [0.29, 0.717) is 43.2 Å². The first-order chi connectivity index (χ1) is 12.0. The van der Waals surface area contributed by atoms with Crippen LogP contribution in [0.15, 0.2) is 22.7 Å². The van der Waals surface area contributed by atoms with Crippen molar-refractivity contribution < 1.29 is 19.4 Å². The summed E-state index contributed by atoms with van der Waals surface area (Å²) >= 11 is 9.39. The highest BCUT2D eigenvalue weighted by Gasteiger charge is 2.30. The number of aliphatic carboxylic acids is 1. The predicted molar refractivity (Wildman–Crippen MR) is 100.0 cm³/mol. The highest BCUT2D eigenvalue weighted by atomic mass is 79.9. The van der Waals surface area contributed by atoms with E-state index in [1.807, 2.05) is 6.07 Å². The minimum Gasteiger partial charge on any atom is -0.492 e. The van der Waals surface area contributed by atoms with Crippen molar-refractivity contribution in [3.63, 3.8) is 0 Å². The van der Waals surface area contributed by atoms with E-state index >= 15 is 0 Å². The van der Waals surface area contributed by atoms with Gasteiger partial charge in [0.15, 0.2) is 0 Å². The average Bonchev–Trinajstić information content (AvgIpc) is 2.58. The first kappa shape index (κ1) is 20.0. The Kier molecular flexibility index (Phi) is 8.03. The van der Waals surface area contributed by atoms with Gasteiger partial charge in [0, 0.05) is 17.4 Å². The largest absolute Gasteiger partial charge is 0.492 e. The van der Waals surface area contributed by atoms with Crippen molar-refractivity contribution in [2.75, 3.05) is 13.2 Å². The molecule has 2 atom stereocenters. The number of carboxylic acid groups (broad SMARTS) is 1. The number of nitrogens with one attached hydrogen (secondary N) is 1. The van der Waals surface area contributed by atoms with Gasteiger partial charge in [-0.3, -0.25) is 9.59 Å². The average molecular weight is 433 g/mol. The Hall–Kier alpha value is -1.27. The molecule has 2 rings (SSSR count). The Labute approximate surface area is 161 Å². The van der Waals surface area contributed by atoms with Crippen molar-refractivity contribution in [2.24, 2.45) is 11.8 Å². The molecular weight excluding hydrogens is 410 g/mol. The molecular formula is C18H23BrClNO4. The summed E-state index contributed by atoms with van der Waals surface area (Å²) in [5.41, 5.74) is 0. The SMILES string of the molecule is O=C(CCCOc1ccc(Br)cc1Cl)NC[C@@H]1CCCC[C@@H]1C(=O)O. The first-order valence-corrected chi connectivity index (χ1v) is 9.72. The van der Waals surface area contributed by atoms with Gasteiger partial charge in [0.2, 0.25) is 5.91 Å². The number of halogens is 2. The molecule has 7 heteroatoms. The monoisotopic (exact) mass is 431 g/mol. The number of benzene rings is 1. The van der Waals surface area contributed by atoms with Gasteiger partial charge >= 0.3 is 5.97 Å². The standard InChI is InChI=1S/C18H23BrClNO4/c19-13-7-8-16(15(20)10-13)25-9-3-6-17(22)21-11-12-4-1-2-5-14(12)18(23)24/h7-8,10,12,14H,1-6,9,11H2,(H,21,22)(H,23,24)/t12-,14-/m0/s1. The highest BCUT2D eigenvalue weighted by molar-refractivity contribution is 9.10. The zero-order valence-electron chi connectivity index (χ0n) is 14.0. The number of ether oxygens (including phenoxy) is 1. The van der Waals surface area contributed by atoms with Gasteiger partial charge in [-0.1, -0.05) is 40.4 Å². The summed E-state index contributed by atoms with van der Waals surface area (Å²) in [6, 6.07) is 5.38. The van der Waals surface area contributed by atoms with Crippen LogP contribution in [0.5, 0.6) is 5.75 Å². The summed E-state index contributed by atoms with van der Waals surface area (Å²) < 4.78 is 6.46. The Bertz CT molecular complexity index is 611. The molecule has 1 aromatic carbocycles. The van der Waals surface area contributed by atoms with Crippen molar-refractivity contribution in [2.45, 2.75) is 38.5 Å². The second-order valence-electron chi connectivity index (χ2n) is 6.32. The number of carbonyl (C=O) groups excluding carboxylic acids is 1. The lowest BCUT2D eigenvalue weighted by Gasteiger charge is -2.28. The lowest BCUT2D eigenvalue weighted by molar-refractivity contribution is -0.145. The van der Waals surface area contributed by atoms with E-state index in [1.165, 1.54) is 0 Å². The van der Waals surface area contributed by atoms with E-state index in [-0.39, 0.29) is 17.7 Å². The molecule has 1 aliphatic carbocycles. The van der Waals surface area contributed by atoms with Crippen LogP contribution in [0, 0.1) is 11.8 Å². The van der Waals surface area contributed by atoms with Crippen LogP contribution < -0.4 is 10.1 Å². The second kappa shape index (κ2) is 10.0. The number of carboxylic acids is 1. The van der Waals surface area contributed by atoms with E-state index in [0.717, 1.165) is 23.7 Å². The quantitative estimate of drug-likeness (QED) is 0.602. The van der Waals surface area contributed by atoms with E-state index in [2.05, 4.69) is 21.2 Å². The molecule has 0 heterocycles. The van der Waals surface area contributed by atoms with Gasteiger partial charge in [0.1, 0.15) is 5.75 Å². The second-order valence-corrected chi connectivity index (χ2v) is 7.64. The molecule has 1 saturated carbocycles. The Morgan fingerprint density at radius 1 is 1.32 bits per heavy atom. The van der Waals surface area contributed by atoms with Crippen molar-refractivity contribution in [3.8, 4) is 5.75 Å². The van der Waals surface area contributed by atoms with E-state index in [4.69, 9.17) is 16.3 Å². The fraction of sp³-hybridized carbons (Fsp3) is 0.556. The number of carbonyl (C=O) groups is 2. The van der Waals surface area contributed by atoms with Gasteiger partial charge < -0.3 is 15.2 Å². The molecule has 0 aromatic heterocycles. The third kappa shape index (κ3) is 6.51. The number of rotatable bonds is 8. The Morgan fingerprint density at radius 2 is 2.08 bits per heavy atom. The maximum atomic E-state index is 11.9. The maximum absolute atomic E-state index is 11.9. The van der Waals surface area contributed by atoms with Crippen molar-refractivity contribution >= 4 is 39.4 Å². The first-order valence-electron chi connectivity index (χ1n) is 8.54. The molecule has 1 aliphatic rings. The van der Waals surface area contributed by atoms with Gasteiger partial charge in [-0.25, -0.2) is 0 Å². The van der Waals surface area contributed by atoms with Gasteiger partial charge in [-0.05, 0) is 43.4 Å². The third-order valence-corrected chi connectivity index (χ3v) is 5.28. The molecule has 138 valence electrons. The number of hydrogen-bond acceptors (Lipinski definition) is 3. The van der Waals surface area contributed by atoms with Crippen molar-refractivity contribution in [1.82, 2.24) is 5.32 Å². The molecule has 1 aromatic rings. The topological polar surface area (TPSA) is 75.6 Å². The Morgan fingerprint density at radius 3 is 2.80 bits per heavy atom. The third-order valence-electron chi connectivity index (χ3n) is 4.49. The minimum atomic E-state index is -0.751. The molecule has 0 saturated heterocycles. The molecule has 5 nitrogen and oxygen atoms in total. The van der Waals surface area contributed by atoms with Crippen LogP contribution >= 0.6 is 27.5 Å². The van der Waals surface area contributed by atoms with Gasteiger partial charge in [-0.15, -0.1) is 0 Å².